The largest absolute Gasteiger partial charge is 0.325 e. The third kappa shape index (κ3) is 2.61. The second kappa shape index (κ2) is 3.99. The van der Waals surface area contributed by atoms with Gasteiger partial charge in [0.2, 0.25) is 5.91 Å². The van der Waals surface area contributed by atoms with Gasteiger partial charge in [-0.25, -0.2) is 0 Å². The zero-order valence-electron chi connectivity index (χ0n) is 7.32. The van der Waals surface area contributed by atoms with E-state index in [0.29, 0.717) is 15.7 Å². The van der Waals surface area contributed by atoms with E-state index in [9.17, 15) is 4.79 Å². The van der Waals surface area contributed by atoms with E-state index < -0.39 is 0 Å². The number of halogens is 2. The summed E-state index contributed by atoms with van der Waals surface area (Å²) in [5.74, 6) is -0.149. The Labute approximate surface area is 86.8 Å². The monoisotopic (exact) mass is 217 g/mol. The molecule has 0 aromatic heterocycles. The highest BCUT2D eigenvalue weighted by Gasteiger charge is 2.05. The molecule has 2 nitrogen and oxygen atoms in total. The van der Waals surface area contributed by atoms with Gasteiger partial charge in [-0.05, 0) is 24.6 Å². The first-order chi connectivity index (χ1) is 6.00. The van der Waals surface area contributed by atoms with Crippen LogP contribution in [0.4, 0.5) is 5.69 Å². The number of hydrogen-bond donors (Lipinski definition) is 1. The number of amides is 1. The van der Waals surface area contributed by atoms with Crippen LogP contribution >= 0.6 is 23.2 Å². The molecule has 13 heavy (non-hydrogen) atoms. The fourth-order valence-corrected chi connectivity index (χ4v) is 1.37. The maximum atomic E-state index is 10.8. The van der Waals surface area contributed by atoms with Gasteiger partial charge in [0.25, 0.3) is 0 Å². The minimum absolute atomic E-state index is 0.149. The van der Waals surface area contributed by atoms with Gasteiger partial charge in [-0.15, -0.1) is 0 Å². The highest BCUT2D eigenvalue weighted by molar-refractivity contribution is 6.37. The lowest BCUT2D eigenvalue weighted by atomic mass is 10.2. The number of nitrogens with one attached hydrogen (secondary N) is 1. The molecule has 0 aliphatic rings. The third-order valence-electron chi connectivity index (χ3n) is 1.56. The quantitative estimate of drug-likeness (QED) is 0.769. The van der Waals surface area contributed by atoms with Gasteiger partial charge in [0.1, 0.15) is 0 Å². The highest BCUT2D eigenvalue weighted by atomic mass is 35.5. The Morgan fingerprint density at radius 3 is 2.46 bits per heavy atom. The van der Waals surface area contributed by atoms with Crippen LogP contribution in [0.5, 0.6) is 0 Å². The normalized spacial score (nSPS) is 9.85. The minimum Gasteiger partial charge on any atom is -0.325 e. The van der Waals surface area contributed by atoms with Crippen molar-refractivity contribution in [1.29, 1.82) is 0 Å². The van der Waals surface area contributed by atoms with Crippen molar-refractivity contribution in [2.75, 3.05) is 5.32 Å². The lowest BCUT2D eigenvalue weighted by molar-refractivity contribution is -0.114. The van der Waals surface area contributed by atoms with Crippen LogP contribution in [0.1, 0.15) is 12.5 Å². The number of anilines is 1. The average molecular weight is 218 g/mol. The van der Waals surface area contributed by atoms with Gasteiger partial charge in [-0.2, -0.15) is 0 Å². The number of aryl methyl sites for hydroxylation is 1. The Bertz CT molecular complexity index is 350. The van der Waals surface area contributed by atoms with Gasteiger partial charge in [0.05, 0.1) is 10.7 Å². The topological polar surface area (TPSA) is 29.1 Å². The fourth-order valence-electron chi connectivity index (χ4n) is 0.943. The summed E-state index contributed by atoms with van der Waals surface area (Å²) in [5.41, 5.74) is 1.48. The molecule has 0 unspecified atom stereocenters. The second-order valence-corrected chi connectivity index (χ2v) is 3.58. The Kier molecular flexibility index (Phi) is 3.17. The van der Waals surface area contributed by atoms with Crippen molar-refractivity contribution in [1.82, 2.24) is 0 Å². The smallest absolute Gasteiger partial charge is 0.221 e. The SMILES string of the molecule is CC(=O)Nc1cc(C)c(Cl)cc1Cl. The number of benzene rings is 1. The lowest BCUT2D eigenvalue weighted by Gasteiger charge is -2.06. The van der Waals surface area contributed by atoms with E-state index in [0.717, 1.165) is 5.56 Å². The second-order valence-electron chi connectivity index (χ2n) is 2.76. The Hall–Kier alpha value is -0.730. The molecule has 0 saturated heterocycles. The van der Waals surface area contributed by atoms with Crippen molar-refractivity contribution in [3.8, 4) is 0 Å². The summed E-state index contributed by atoms with van der Waals surface area (Å²) in [6.45, 7) is 3.28. The average Bonchev–Trinajstić information content (AvgIpc) is 1.99. The molecule has 1 aromatic carbocycles. The van der Waals surface area contributed by atoms with E-state index in [1.807, 2.05) is 6.92 Å². The standard InChI is InChI=1S/C9H9Cl2NO/c1-5-3-9(12-6(2)13)8(11)4-7(5)10/h3-4H,1-2H3,(H,12,13). The summed E-state index contributed by atoms with van der Waals surface area (Å²) >= 11 is 11.7. The first-order valence-corrected chi connectivity index (χ1v) is 4.49. The Morgan fingerprint density at radius 2 is 1.92 bits per heavy atom. The van der Waals surface area contributed by atoms with Gasteiger partial charge in [0.15, 0.2) is 0 Å². The molecule has 1 rings (SSSR count). The van der Waals surface area contributed by atoms with Crippen molar-refractivity contribution in [2.24, 2.45) is 0 Å². The molecule has 4 heteroatoms. The van der Waals surface area contributed by atoms with Crippen LogP contribution in [-0.2, 0) is 4.79 Å². The van der Waals surface area contributed by atoms with Gasteiger partial charge < -0.3 is 5.32 Å². The zero-order chi connectivity index (χ0) is 10.0. The van der Waals surface area contributed by atoms with Crippen molar-refractivity contribution < 1.29 is 4.79 Å². The number of carbonyl (C=O) groups excluding carboxylic acids is 1. The van der Waals surface area contributed by atoms with Crippen LogP contribution in [0.3, 0.4) is 0 Å². The molecular weight excluding hydrogens is 209 g/mol. The summed E-state index contributed by atoms with van der Waals surface area (Å²) in [4.78, 5) is 10.8. The number of hydrogen-bond acceptors (Lipinski definition) is 1. The van der Waals surface area contributed by atoms with Crippen molar-refractivity contribution in [3.63, 3.8) is 0 Å². The first kappa shape index (κ1) is 10.4. The van der Waals surface area contributed by atoms with Crippen LogP contribution in [0, 0.1) is 6.92 Å². The molecule has 0 spiro atoms. The zero-order valence-corrected chi connectivity index (χ0v) is 8.83. The van der Waals surface area contributed by atoms with Crippen LogP contribution in [0.25, 0.3) is 0 Å². The van der Waals surface area contributed by atoms with Crippen LogP contribution < -0.4 is 5.32 Å². The van der Waals surface area contributed by atoms with Gasteiger partial charge in [-0.1, -0.05) is 23.2 Å². The van der Waals surface area contributed by atoms with Crippen molar-refractivity contribution in [2.45, 2.75) is 13.8 Å². The molecule has 0 saturated carbocycles. The molecule has 70 valence electrons. The summed E-state index contributed by atoms with van der Waals surface area (Å²) in [5, 5.41) is 3.66. The van der Waals surface area contributed by atoms with Crippen LogP contribution in [0.15, 0.2) is 12.1 Å². The maximum absolute atomic E-state index is 10.8. The molecule has 0 atom stereocenters. The summed E-state index contributed by atoms with van der Waals surface area (Å²) in [6.07, 6.45) is 0. The molecule has 1 aromatic rings. The fraction of sp³-hybridized carbons (Fsp3) is 0.222. The maximum Gasteiger partial charge on any atom is 0.221 e. The molecule has 1 N–H and O–H groups in total. The Morgan fingerprint density at radius 1 is 1.31 bits per heavy atom. The van der Waals surface area contributed by atoms with Crippen molar-refractivity contribution in [3.05, 3.63) is 27.7 Å². The van der Waals surface area contributed by atoms with E-state index in [2.05, 4.69) is 5.32 Å². The minimum atomic E-state index is -0.149. The predicted octanol–water partition coefficient (Wildman–Crippen LogP) is 3.26. The van der Waals surface area contributed by atoms with E-state index in [1.54, 1.807) is 12.1 Å². The number of rotatable bonds is 1. The highest BCUT2D eigenvalue weighted by Crippen LogP contribution is 2.28. The van der Waals surface area contributed by atoms with E-state index in [4.69, 9.17) is 23.2 Å². The van der Waals surface area contributed by atoms with Crippen LogP contribution in [-0.4, -0.2) is 5.91 Å². The van der Waals surface area contributed by atoms with Gasteiger partial charge >= 0.3 is 0 Å². The third-order valence-corrected chi connectivity index (χ3v) is 2.28. The molecule has 0 bridgehead atoms. The molecule has 0 aliphatic carbocycles. The summed E-state index contributed by atoms with van der Waals surface area (Å²) < 4.78 is 0. The van der Waals surface area contributed by atoms with E-state index >= 15 is 0 Å². The number of carbonyl (C=O) groups is 1. The molecule has 0 radical (unpaired) electrons. The lowest BCUT2D eigenvalue weighted by Crippen LogP contribution is -2.06. The molecular formula is C9H9Cl2NO. The molecule has 1 amide bonds. The molecule has 0 heterocycles. The van der Waals surface area contributed by atoms with Gasteiger partial charge in [-0.3, -0.25) is 4.79 Å². The van der Waals surface area contributed by atoms with Gasteiger partial charge in [0, 0.05) is 11.9 Å². The van der Waals surface area contributed by atoms with E-state index in [-0.39, 0.29) is 5.91 Å². The first-order valence-electron chi connectivity index (χ1n) is 3.74. The van der Waals surface area contributed by atoms with Crippen LogP contribution in [0.2, 0.25) is 10.0 Å². The Balaban J connectivity index is 3.08. The summed E-state index contributed by atoms with van der Waals surface area (Å²) in [7, 11) is 0. The molecule has 0 aliphatic heterocycles. The summed E-state index contributed by atoms with van der Waals surface area (Å²) in [6, 6.07) is 3.36. The predicted molar refractivity (Wildman–Crippen MR) is 55.5 cm³/mol. The van der Waals surface area contributed by atoms with E-state index in [1.165, 1.54) is 6.92 Å². The van der Waals surface area contributed by atoms with Crippen molar-refractivity contribution >= 4 is 34.8 Å². The molecule has 0 fully saturated rings.